The van der Waals surface area contributed by atoms with Gasteiger partial charge in [-0.3, -0.25) is 0 Å². The quantitative estimate of drug-likeness (QED) is 0.731. The van der Waals surface area contributed by atoms with Gasteiger partial charge in [-0.2, -0.15) is 0 Å². The maximum Gasteiger partial charge on any atom is 0.410 e. The molecule has 134 valence electrons. The second kappa shape index (κ2) is 9.31. The minimum Gasteiger partial charge on any atom is -0.444 e. The van der Waals surface area contributed by atoms with Gasteiger partial charge in [-0.1, -0.05) is 18.9 Å². The van der Waals surface area contributed by atoms with Gasteiger partial charge in [-0.05, 0) is 60.3 Å². The van der Waals surface area contributed by atoms with Gasteiger partial charge in [0.1, 0.15) is 5.60 Å². The Balaban J connectivity index is 2.66. The minimum atomic E-state index is -0.434. The molecule has 4 heteroatoms. The molecule has 0 aromatic heterocycles. The van der Waals surface area contributed by atoms with Gasteiger partial charge < -0.3 is 15.0 Å². The first-order chi connectivity index (χ1) is 10.7. The Labute approximate surface area is 142 Å². The number of rotatable bonds is 6. The van der Waals surface area contributed by atoms with Gasteiger partial charge in [0.15, 0.2) is 0 Å². The number of hydrogen-bond acceptors (Lipinski definition) is 3. The first-order valence-corrected chi connectivity index (χ1v) is 9.09. The number of amides is 1. The summed E-state index contributed by atoms with van der Waals surface area (Å²) in [5, 5.41) is 3.61. The summed E-state index contributed by atoms with van der Waals surface area (Å²) in [5.74, 6) is 0. The fourth-order valence-electron chi connectivity index (χ4n) is 3.26. The third-order valence-corrected chi connectivity index (χ3v) is 4.22. The predicted octanol–water partition coefficient (Wildman–Crippen LogP) is 4.50. The first kappa shape index (κ1) is 20.0. The number of likely N-dealkylation sites (tertiary alicyclic amines) is 1. The second-order valence-corrected chi connectivity index (χ2v) is 7.91. The number of nitrogens with zero attached hydrogens (tertiary/aromatic N) is 1. The zero-order valence-electron chi connectivity index (χ0n) is 15.7. The van der Waals surface area contributed by atoms with Gasteiger partial charge in [-0.15, -0.1) is 6.58 Å². The van der Waals surface area contributed by atoms with Gasteiger partial charge in [-0.25, -0.2) is 4.79 Å². The van der Waals surface area contributed by atoms with Crippen molar-refractivity contribution in [3.8, 4) is 0 Å². The van der Waals surface area contributed by atoms with E-state index in [-0.39, 0.29) is 12.1 Å². The Morgan fingerprint density at radius 3 is 2.61 bits per heavy atom. The predicted molar refractivity (Wildman–Crippen MR) is 96.7 cm³/mol. The molecule has 0 saturated carbocycles. The van der Waals surface area contributed by atoms with Gasteiger partial charge in [0.05, 0.1) is 0 Å². The lowest BCUT2D eigenvalue weighted by Crippen LogP contribution is -2.46. The standard InChI is InChI=1S/C19H36N2O2/c1-7-11-15(2)20-16(3)14-17-12-9-8-10-13-21(17)18(22)23-19(4,5)6/h7,15-17,20H,1,8-14H2,2-6H3. The topological polar surface area (TPSA) is 41.6 Å². The molecule has 3 unspecified atom stereocenters. The van der Waals surface area contributed by atoms with E-state index in [0.717, 1.165) is 32.2 Å². The van der Waals surface area contributed by atoms with Crippen LogP contribution >= 0.6 is 0 Å². The Morgan fingerprint density at radius 1 is 1.30 bits per heavy atom. The molecule has 1 amide bonds. The molecule has 0 radical (unpaired) electrons. The molecule has 0 aromatic carbocycles. The average Bonchev–Trinajstić information content (AvgIpc) is 2.62. The molecule has 0 aromatic rings. The molecular weight excluding hydrogens is 288 g/mol. The van der Waals surface area contributed by atoms with Crippen molar-refractivity contribution in [2.24, 2.45) is 0 Å². The smallest absolute Gasteiger partial charge is 0.410 e. The van der Waals surface area contributed by atoms with E-state index in [1.165, 1.54) is 12.8 Å². The largest absolute Gasteiger partial charge is 0.444 e. The Hall–Kier alpha value is -1.03. The first-order valence-electron chi connectivity index (χ1n) is 9.09. The van der Waals surface area contributed by atoms with Crippen LogP contribution < -0.4 is 5.32 Å². The van der Waals surface area contributed by atoms with E-state index in [0.29, 0.717) is 12.1 Å². The zero-order valence-corrected chi connectivity index (χ0v) is 15.7. The van der Waals surface area contributed by atoms with Crippen LogP contribution in [0.15, 0.2) is 12.7 Å². The molecule has 1 rings (SSSR count). The van der Waals surface area contributed by atoms with E-state index in [9.17, 15) is 4.79 Å². The molecule has 3 atom stereocenters. The zero-order chi connectivity index (χ0) is 17.5. The van der Waals surface area contributed by atoms with E-state index in [2.05, 4.69) is 25.7 Å². The Morgan fingerprint density at radius 2 is 2.00 bits per heavy atom. The lowest BCUT2D eigenvalue weighted by molar-refractivity contribution is 0.0149. The molecule has 0 bridgehead atoms. The molecule has 1 N–H and O–H groups in total. The van der Waals surface area contributed by atoms with Crippen LogP contribution in [0.1, 0.15) is 73.1 Å². The van der Waals surface area contributed by atoms with Gasteiger partial charge >= 0.3 is 6.09 Å². The van der Waals surface area contributed by atoms with Crippen molar-refractivity contribution in [2.75, 3.05) is 6.54 Å². The van der Waals surface area contributed by atoms with Crippen LogP contribution in [0.5, 0.6) is 0 Å². The average molecular weight is 325 g/mol. The Bertz CT molecular complexity index is 376. The summed E-state index contributed by atoms with van der Waals surface area (Å²) >= 11 is 0. The van der Waals surface area contributed by atoms with Gasteiger partial charge in [0.2, 0.25) is 0 Å². The van der Waals surface area contributed by atoms with Crippen molar-refractivity contribution in [3.05, 3.63) is 12.7 Å². The molecule has 23 heavy (non-hydrogen) atoms. The molecule has 1 aliphatic heterocycles. The SMILES string of the molecule is C=CCC(C)NC(C)CC1CCCCCN1C(=O)OC(C)(C)C. The van der Waals surface area contributed by atoms with Crippen LogP contribution in [0, 0.1) is 0 Å². The molecule has 0 spiro atoms. The summed E-state index contributed by atoms with van der Waals surface area (Å²) in [6.07, 6.45) is 8.26. The fourth-order valence-corrected chi connectivity index (χ4v) is 3.26. The van der Waals surface area contributed by atoms with Crippen LogP contribution in [0.25, 0.3) is 0 Å². The van der Waals surface area contributed by atoms with Crippen LogP contribution in [-0.2, 0) is 4.74 Å². The number of ether oxygens (including phenoxy) is 1. The highest BCUT2D eigenvalue weighted by Crippen LogP contribution is 2.23. The summed E-state index contributed by atoms with van der Waals surface area (Å²) in [7, 11) is 0. The molecule has 4 nitrogen and oxygen atoms in total. The third kappa shape index (κ3) is 7.87. The van der Waals surface area contributed by atoms with Crippen molar-refractivity contribution in [2.45, 2.75) is 96.9 Å². The Kier molecular flexibility index (Phi) is 8.10. The van der Waals surface area contributed by atoms with E-state index < -0.39 is 5.60 Å². The summed E-state index contributed by atoms with van der Waals surface area (Å²) in [5.41, 5.74) is -0.434. The highest BCUT2D eigenvalue weighted by molar-refractivity contribution is 5.68. The van der Waals surface area contributed by atoms with E-state index in [1.54, 1.807) is 0 Å². The molecule has 1 heterocycles. The second-order valence-electron chi connectivity index (χ2n) is 7.91. The minimum absolute atomic E-state index is 0.157. The normalized spacial score (nSPS) is 22.1. The summed E-state index contributed by atoms with van der Waals surface area (Å²) in [4.78, 5) is 14.5. The summed E-state index contributed by atoms with van der Waals surface area (Å²) in [6.45, 7) is 14.8. The highest BCUT2D eigenvalue weighted by atomic mass is 16.6. The lowest BCUT2D eigenvalue weighted by Gasteiger charge is -2.34. The van der Waals surface area contributed by atoms with Crippen LogP contribution in [0.4, 0.5) is 4.79 Å². The molecular formula is C19H36N2O2. The van der Waals surface area contributed by atoms with Crippen molar-refractivity contribution < 1.29 is 9.53 Å². The molecule has 1 aliphatic rings. The highest BCUT2D eigenvalue weighted by Gasteiger charge is 2.30. The lowest BCUT2D eigenvalue weighted by atomic mass is 10.0. The van der Waals surface area contributed by atoms with Crippen molar-refractivity contribution >= 4 is 6.09 Å². The van der Waals surface area contributed by atoms with E-state index in [4.69, 9.17) is 4.74 Å². The number of carbonyl (C=O) groups excluding carboxylic acids is 1. The van der Waals surface area contributed by atoms with E-state index >= 15 is 0 Å². The third-order valence-electron chi connectivity index (χ3n) is 4.22. The van der Waals surface area contributed by atoms with Crippen molar-refractivity contribution in [1.29, 1.82) is 0 Å². The maximum absolute atomic E-state index is 12.6. The molecule has 0 aliphatic carbocycles. The maximum atomic E-state index is 12.6. The van der Waals surface area contributed by atoms with Gasteiger partial charge in [0.25, 0.3) is 0 Å². The monoisotopic (exact) mass is 324 g/mol. The van der Waals surface area contributed by atoms with Gasteiger partial charge in [0, 0.05) is 24.7 Å². The number of carbonyl (C=O) groups is 1. The van der Waals surface area contributed by atoms with E-state index in [1.807, 2.05) is 31.7 Å². The summed E-state index contributed by atoms with van der Waals surface area (Å²) in [6, 6.07) is 1.06. The van der Waals surface area contributed by atoms with Crippen LogP contribution in [-0.4, -0.2) is 41.3 Å². The van der Waals surface area contributed by atoms with Crippen molar-refractivity contribution in [1.82, 2.24) is 10.2 Å². The van der Waals surface area contributed by atoms with Crippen LogP contribution in [0.3, 0.4) is 0 Å². The van der Waals surface area contributed by atoms with Crippen molar-refractivity contribution in [3.63, 3.8) is 0 Å². The summed E-state index contributed by atoms with van der Waals surface area (Å²) < 4.78 is 5.62. The van der Waals surface area contributed by atoms with Crippen LogP contribution in [0.2, 0.25) is 0 Å². The number of nitrogens with one attached hydrogen (secondary N) is 1. The molecule has 1 saturated heterocycles. The fraction of sp³-hybridized carbons (Fsp3) is 0.842. The molecule has 1 fully saturated rings. The number of hydrogen-bond donors (Lipinski definition) is 1.